The Labute approximate surface area is 516 Å². The van der Waals surface area contributed by atoms with Gasteiger partial charge in [-0.25, -0.2) is 0 Å². The lowest BCUT2D eigenvalue weighted by molar-refractivity contribution is 0.660. The lowest BCUT2D eigenvalue weighted by Gasteiger charge is -2.30. The molecular weight excluding hydrogens is 1080 g/mol. The Morgan fingerprint density at radius 2 is 0.607 bits per heavy atom. The summed E-state index contributed by atoms with van der Waals surface area (Å²) in [5.41, 5.74) is 26.1. The number of fused-ring (bicyclic) bond motifs is 13. The molecule has 4 heteroatoms. The summed E-state index contributed by atoms with van der Waals surface area (Å²) < 4.78 is 7.26. The van der Waals surface area contributed by atoms with Gasteiger partial charge in [0, 0.05) is 71.3 Å². The first-order chi connectivity index (χ1) is 43.9. The average molecular weight is 1140 g/mol. The summed E-state index contributed by atoms with van der Waals surface area (Å²) in [5.74, 6) is 0. The van der Waals surface area contributed by atoms with Crippen LogP contribution in [0.3, 0.4) is 0 Å². The van der Waals surface area contributed by atoms with E-state index in [1.165, 1.54) is 126 Å². The number of hydrogen-bond donors (Lipinski definition) is 0. The summed E-state index contributed by atoms with van der Waals surface area (Å²) in [6.45, 7) is 4.82. The van der Waals surface area contributed by atoms with Gasteiger partial charge in [0.25, 0.3) is 0 Å². The van der Waals surface area contributed by atoms with Crippen molar-refractivity contribution in [3.8, 4) is 61.6 Å². The smallest absolute Gasteiger partial charge is 0.0547 e. The zero-order valence-corrected chi connectivity index (χ0v) is 49.3. The quantitative estimate of drug-likeness (QED) is 0.141. The van der Waals surface area contributed by atoms with Crippen LogP contribution >= 0.6 is 0 Å². The average Bonchev–Trinajstić information content (AvgIpc) is 1.69. The Bertz CT molecular complexity index is 5630. The van der Waals surface area contributed by atoms with Crippen molar-refractivity contribution in [1.82, 2.24) is 13.7 Å². The van der Waals surface area contributed by atoms with Crippen molar-refractivity contribution < 1.29 is 0 Å². The molecule has 418 valence electrons. The van der Waals surface area contributed by atoms with Crippen molar-refractivity contribution >= 4 is 93.3 Å². The number of rotatable bonds is 9. The van der Waals surface area contributed by atoms with E-state index in [4.69, 9.17) is 0 Å². The van der Waals surface area contributed by atoms with Crippen LogP contribution in [-0.2, 0) is 5.41 Å². The van der Waals surface area contributed by atoms with Gasteiger partial charge in [0.05, 0.1) is 44.5 Å². The van der Waals surface area contributed by atoms with Crippen molar-refractivity contribution in [1.29, 1.82) is 0 Å². The molecule has 17 aromatic rings. The third-order valence-corrected chi connectivity index (χ3v) is 19.2. The maximum absolute atomic E-state index is 2.49. The molecule has 0 amide bonds. The zero-order valence-electron chi connectivity index (χ0n) is 49.3. The van der Waals surface area contributed by atoms with E-state index in [0.717, 1.165) is 39.7 Å². The highest BCUT2D eigenvalue weighted by molar-refractivity contribution is 6.14. The largest absolute Gasteiger partial charge is 0.310 e. The van der Waals surface area contributed by atoms with Gasteiger partial charge in [-0.3, -0.25) is 0 Å². The summed E-state index contributed by atoms with van der Waals surface area (Å²) in [7, 11) is 0. The molecule has 0 atom stereocenters. The first-order valence-electron chi connectivity index (χ1n) is 30.9. The Morgan fingerprint density at radius 1 is 0.247 bits per heavy atom. The van der Waals surface area contributed by atoms with Crippen LogP contribution in [0.2, 0.25) is 0 Å². The second-order valence-corrected chi connectivity index (χ2v) is 24.4. The summed E-state index contributed by atoms with van der Waals surface area (Å²) in [6.07, 6.45) is 0. The number of benzene rings is 14. The molecule has 0 fully saturated rings. The van der Waals surface area contributed by atoms with Crippen molar-refractivity contribution in [2.45, 2.75) is 19.3 Å². The SMILES string of the molecule is CC1(C)c2cc(-c3ccc4c5ccccc5n(-c5ccccc5)c4c3)ccc2-c2ccc(N(c3ccc(-c4ccc(-c5ccc6c7ccccc7n(-c7ccccc7)c6c5)cc4)cc3)c3ccc(-n4c5ccccc5c5ccccc54)c4ccccc34)cc21. The number of para-hydroxylation sites is 6. The summed E-state index contributed by atoms with van der Waals surface area (Å²) in [5, 5.41) is 9.88. The maximum atomic E-state index is 2.49. The molecule has 1 aliphatic rings. The predicted octanol–water partition coefficient (Wildman–Crippen LogP) is 22.9. The highest BCUT2D eigenvalue weighted by Gasteiger charge is 2.37. The zero-order chi connectivity index (χ0) is 58.9. The maximum Gasteiger partial charge on any atom is 0.0547 e. The third-order valence-electron chi connectivity index (χ3n) is 19.2. The van der Waals surface area contributed by atoms with Crippen molar-refractivity contribution in [2.24, 2.45) is 0 Å². The van der Waals surface area contributed by atoms with Gasteiger partial charge in [-0.15, -0.1) is 0 Å². The van der Waals surface area contributed by atoms with E-state index in [-0.39, 0.29) is 5.41 Å². The van der Waals surface area contributed by atoms with Crippen LogP contribution in [0.5, 0.6) is 0 Å². The Hall–Kier alpha value is -11.5. The van der Waals surface area contributed by atoms with Crippen molar-refractivity contribution in [2.75, 3.05) is 4.90 Å². The fourth-order valence-corrected chi connectivity index (χ4v) is 15.0. The summed E-state index contributed by atoms with van der Waals surface area (Å²) in [6, 6.07) is 117. The van der Waals surface area contributed by atoms with E-state index in [1.54, 1.807) is 0 Å². The molecule has 0 saturated heterocycles. The van der Waals surface area contributed by atoms with Gasteiger partial charge < -0.3 is 18.6 Å². The van der Waals surface area contributed by atoms with Crippen molar-refractivity contribution in [3.63, 3.8) is 0 Å². The molecule has 89 heavy (non-hydrogen) atoms. The van der Waals surface area contributed by atoms with E-state index < -0.39 is 0 Å². The van der Waals surface area contributed by atoms with Gasteiger partial charge in [-0.2, -0.15) is 0 Å². The van der Waals surface area contributed by atoms with Crippen molar-refractivity contribution in [3.05, 3.63) is 327 Å². The predicted molar refractivity (Wildman–Crippen MR) is 376 cm³/mol. The van der Waals surface area contributed by atoms with E-state index in [0.29, 0.717) is 0 Å². The monoisotopic (exact) mass is 1130 g/mol. The Morgan fingerprint density at radius 3 is 1.13 bits per heavy atom. The molecule has 0 unspecified atom stereocenters. The Kier molecular flexibility index (Phi) is 11.3. The van der Waals surface area contributed by atoms with Crippen LogP contribution < -0.4 is 4.90 Å². The second kappa shape index (κ2) is 19.8. The van der Waals surface area contributed by atoms with E-state index in [9.17, 15) is 0 Å². The van der Waals surface area contributed by atoms with Crippen LogP contribution in [0.4, 0.5) is 17.1 Å². The van der Waals surface area contributed by atoms with Crippen LogP contribution in [0.25, 0.3) is 138 Å². The summed E-state index contributed by atoms with van der Waals surface area (Å²) >= 11 is 0. The molecule has 0 saturated carbocycles. The van der Waals surface area contributed by atoms with E-state index >= 15 is 0 Å². The lowest BCUT2D eigenvalue weighted by atomic mass is 9.81. The van der Waals surface area contributed by atoms with Gasteiger partial charge in [-0.1, -0.05) is 226 Å². The third kappa shape index (κ3) is 7.86. The molecular formula is C85H58N4. The standard InChI is InChI=1S/C85H58N4/c1-85(2)75-51-58(60-41-47-74-72-28-12-16-30-78(72)88(84(74)53-60)62-21-7-4-8-22-62)39-45-65(75)66-48-44-64(54-76(66)85)86(81-49-50-82(70-24-10-9-23-69(70)81)89-79-31-17-13-25-67(79)68-26-14-18-32-80(68)89)63-42-37-56(38-43-63)55-33-35-57(36-34-55)59-40-46-73-71-27-11-15-29-77(71)87(83(73)52-59)61-19-5-3-6-20-61/h3-54H,1-2H3. The highest BCUT2D eigenvalue weighted by atomic mass is 15.1. The highest BCUT2D eigenvalue weighted by Crippen LogP contribution is 2.53. The molecule has 4 nitrogen and oxygen atoms in total. The number of anilines is 3. The van der Waals surface area contributed by atoms with Crippen LogP contribution in [0, 0.1) is 0 Å². The first kappa shape index (κ1) is 50.8. The second-order valence-electron chi connectivity index (χ2n) is 24.4. The lowest BCUT2D eigenvalue weighted by Crippen LogP contribution is -2.17. The van der Waals surface area contributed by atoms with Crippen LogP contribution in [0.1, 0.15) is 25.0 Å². The van der Waals surface area contributed by atoms with Crippen LogP contribution in [0.15, 0.2) is 315 Å². The Balaban J connectivity index is 0.740. The molecule has 1 aliphatic carbocycles. The minimum atomic E-state index is -0.296. The topological polar surface area (TPSA) is 18.0 Å². The molecule has 14 aromatic carbocycles. The van der Waals surface area contributed by atoms with E-state index in [2.05, 4.69) is 348 Å². The number of aromatic nitrogens is 3. The normalized spacial score (nSPS) is 12.7. The van der Waals surface area contributed by atoms with Gasteiger partial charge in [-0.05, 0) is 159 Å². The molecule has 0 aliphatic heterocycles. The minimum Gasteiger partial charge on any atom is -0.310 e. The number of nitrogens with zero attached hydrogens (tertiary/aromatic N) is 4. The van der Waals surface area contributed by atoms with Gasteiger partial charge in [0.1, 0.15) is 0 Å². The molecule has 0 spiro atoms. The minimum absolute atomic E-state index is 0.296. The molecule has 0 N–H and O–H groups in total. The fourth-order valence-electron chi connectivity index (χ4n) is 15.0. The molecule has 0 radical (unpaired) electrons. The first-order valence-corrected chi connectivity index (χ1v) is 30.9. The number of hydrogen-bond acceptors (Lipinski definition) is 1. The fraction of sp³-hybridized carbons (Fsp3) is 0.0353. The van der Waals surface area contributed by atoms with Crippen LogP contribution in [-0.4, -0.2) is 13.7 Å². The summed E-state index contributed by atoms with van der Waals surface area (Å²) in [4.78, 5) is 2.49. The van der Waals surface area contributed by atoms with Gasteiger partial charge >= 0.3 is 0 Å². The van der Waals surface area contributed by atoms with E-state index in [1.807, 2.05) is 0 Å². The molecule has 3 aromatic heterocycles. The molecule has 3 heterocycles. The molecule has 18 rings (SSSR count). The molecule has 0 bridgehead atoms. The van der Waals surface area contributed by atoms with Gasteiger partial charge in [0.2, 0.25) is 0 Å². The van der Waals surface area contributed by atoms with Gasteiger partial charge in [0.15, 0.2) is 0 Å².